The van der Waals surface area contributed by atoms with Gasteiger partial charge in [0.1, 0.15) is 5.82 Å². The number of aliphatic hydroxyl groups excluding tert-OH is 2. The predicted octanol–water partition coefficient (Wildman–Crippen LogP) is 4.03. The zero-order valence-electron chi connectivity index (χ0n) is 17.1. The minimum atomic E-state index is -1.00. The fourth-order valence-corrected chi connectivity index (χ4v) is 3.80. The SMILES string of the molecule is CC(C)n1c(C=CC(O)CC(O)CC(N)=O)c(-c2ccc(F)cc2)c2ccccc21. The summed E-state index contributed by atoms with van der Waals surface area (Å²) >= 11 is 0. The van der Waals surface area contributed by atoms with E-state index >= 15 is 0 Å². The summed E-state index contributed by atoms with van der Waals surface area (Å²) in [5.74, 6) is -0.917. The Morgan fingerprint density at radius 3 is 2.43 bits per heavy atom. The van der Waals surface area contributed by atoms with Crippen LogP contribution in [0.2, 0.25) is 0 Å². The number of para-hydroxylation sites is 1. The standard InChI is InChI=1S/C24H27FN2O3/c1-15(2)27-21-6-4-3-5-20(21)24(16-7-9-17(25)10-8-16)22(27)12-11-18(28)13-19(29)14-23(26)30/h3-12,15,18-19,28-29H,13-14H2,1-2H3,(H2,26,30). The number of aliphatic hydroxyl groups is 2. The molecule has 0 saturated carbocycles. The number of aromatic nitrogens is 1. The van der Waals surface area contributed by atoms with Gasteiger partial charge in [-0.25, -0.2) is 4.39 Å². The van der Waals surface area contributed by atoms with Crippen LogP contribution in [0.1, 0.15) is 38.4 Å². The van der Waals surface area contributed by atoms with Gasteiger partial charge in [0.05, 0.1) is 18.6 Å². The molecular weight excluding hydrogens is 383 g/mol. The van der Waals surface area contributed by atoms with Crippen molar-refractivity contribution < 1.29 is 19.4 Å². The summed E-state index contributed by atoms with van der Waals surface area (Å²) in [4.78, 5) is 10.9. The van der Waals surface area contributed by atoms with Crippen molar-refractivity contribution in [2.45, 2.75) is 44.9 Å². The zero-order valence-corrected chi connectivity index (χ0v) is 17.1. The van der Waals surface area contributed by atoms with Crippen LogP contribution in [0.3, 0.4) is 0 Å². The first-order valence-electron chi connectivity index (χ1n) is 9.99. The monoisotopic (exact) mass is 410 g/mol. The molecule has 0 aliphatic carbocycles. The van der Waals surface area contributed by atoms with Crippen LogP contribution in [0.5, 0.6) is 0 Å². The first kappa shape index (κ1) is 21.7. The molecule has 2 aromatic carbocycles. The van der Waals surface area contributed by atoms with E-state index in [1.54, 1.807) is 18.2 Å². The van der Waals surface area contributed by atoms with Gasteiger partial charge in [-0.2, -0.15) is 0 Å². The van der Waals surface area contributed by atoms with Crippen molar-refractivity contribution in [2.75, 3.05) is 0 Å². The highest BCUT2D eigenvalue weighted by atomic mass is 19.1. The van der Waals surface area contributed by atoms with Gasteiger partial charge >= 0.3 is 0 Å². The lowest BCUT2D eigenvalue weighted by molar-refractivity contribution is -0.120. The van der Waals surface area contributed by atoms with Crippen LogP contribution in [-0.2, 0) is 4.79 Å². The van der Waals surface area contributed by atoms with Crippen LogP contribution in [0.4, 0.5) is 4.39 Å². The normalized spacial score (nSPS) is 13.9. The number of hydrogen-bond acceptors (Lipinski definition) is 3. The molecular formula is C24H27FN2O3. The maximum absolute atomic E-state index is 13.5. The Morgan fingerprint density at radius 2 is 1.80 bits per heavy atom. The second-order valence-corrected chi connectivity index (χ2v) is 7.73. The van der Waals surface area contributed by atoms with E-state index in [0.29, 0.717) is 0 Å². The summed E-state index contributed by atoms with van der Waals surface area (Å²) in [6.45, 7) is 4.15. The van der Waals surface area contributed by atoms with Crippen LogP contribution in [0.25, 0.3) is 28.1 Å². The van der Waals surface area contributed by atoms with Crippen LogP contribution in [0, 0.1) is 5.82 Å². The van der Waals surface area contributed by atoms with E-state index in [9.17, 15) is 19.4 Å². The number of fused-ring (bicyclic) bond motifs is 1. The van der Waals surface area contributed by atoms with Crippen molar-refractivity contribution in [1.29, 1.82) is 0 Å². The van der Waals surface area contributed by atoms with E-state index in [0.717, 1.165) is 27.7 Å². The highest BCUT2D eigenvalue weighted by molar-refractivity contribution is 6.01. The van der Waals surface area contributed by atoms with Gasteiger partial charge in [-0.3, -0.25) is 4.79 Å². The molecule has 2 unspecified atom stereocenters. The molecule has 1 amide bonds. The lowest BCUT2D eigenvalue weighted by Gasteiger charge is -2.15. The maximum atomic E-state index is 13.5. The molecule has 0 bridgehead atoms. The molecule has 1 aromatic heterocycles. The number of benzene rings is 2. The number of halogens is 1. The molecule has 0 spiro atoms. The summed E-state index contributed by atoms with van der Waals surface area (Å²) in [7, 11) is 0. The van der Waals surface area contributed by atoms with Gasteiger partial charge in [0.25, 0.3) is 0 Å². The van der Waals surface area contributed by atoms with Crippen LogP contribution >= 0.6 is 0 Å². The molecule has 158 valence electrons. The average Bonchev–Trinajstić information content (AvgIpc) is 3.00. The van der Waals surface area contributed by atoms with Gasteiger partial charge in [-0.05, 0) is 43.7 Å². The third kappa shape index (κ3) is 4.78. The van der Waals surface area contributed by atoms with Crippen LogP contribution in [0.15, 0.2) is 54.6 Å². The minimum absolute atomic E-state index is 0.00717. The quantitative estimate of drug-likeness (QED) is 0.524. The lowest BCUT2D eigenvalue weighted by Crippen LogP contribution is -2.23. The Bertz CT molecular complexity index is 1050. The molecule has 0 saturated heterocycles. The number of primary amides is 1. The molecule has 0 aliphatic heterocycles. The molecule has 0 fully saturated rings. The first-order valence-corrected chi connectivity index (χ1v) is 9.99. The van der Waals surface area contributed by atoms with Gasteiger partial charge in [-0.15, -0.1) is 0 Å². The third-order valence-corrected chi connectivity index (χ3v) is 5.02. The van der Waals surface area contributed by atoms with Gasteiger partial charge in [0.2, 0.25) is 5.91 Å². The minimum Gasteiger partial charge on any atom is -0.392 e. The van der Waals surface area contributed by atoms with Gasteiger partial charge in [-0.1, -0.05) is 36.4 Å². The summed E-state index contributed by atoms with van der Waals surface area (Å²) < 4.78 is 15.7. The van der Waals surface area contributed by atoms with Crippen LogP contribution < -0.4 is 5.73 Å². The highest BCUT2D eigenvalue weighted by Gasteiger charge is 2.19. The number of nitrogens with two attached hydrogens (primary N) is 1. The summed E-state index contributed by atoms with van der Waals surface area (Å²) in [6, 6.07) is 14.5. The lowest BCUT2D eigenvalue weighted by atomic mass is 10.0. The molecule has 30 heavy (non-hydrogen) atoms. The topological polar surface area (TPSA) is 88.5 Å². The van der Waals surface area contributed by atoms with Crippen molar-refractivity contribution >= 4 is 22.9 Å². The number of hydrogen-bond donors (Lipinski definition) is 3. The summed E-state index contributed by atoms with van der Waals surface area (Å²) in [5.41, 5.74) is 8.82. The Morgan fingerprint density at radius 1 is 1.13 bits per heavy atom. The highest BCUT2D eigenvalue weighted by Crippen LogP contribution is 2.38. The number of amides is 1. The maximum Gasteiger partial charge on any atom is 0.220 e. The smallest absolute Gasteiger partial charge is 0.220 e. The van der Waals surface area contributed by atoms with Crippen molar-refractivity contribution in [3.63, 3.8) is 0 Å². The van der Waals surface area contributed by atoms with E-state index in [4.69, 9.17) is 5.73 Å². The number of nitrogens with zero attached hydrogens (tertiary/aromatic N) is 1. The average molecular weight is 410 g/mol. The molecule has 2 atom stereocenters. The molecule has 3 rings (SSSR count). The Hall–Kier alpha value is -2.96. The Labute approximate surface area is 175 Å². The van der Waals surface area contributed by atoms with E-state index < -0.39 is 18.1 Å². The van der Waals surface area contributed by atoms with E-state index in [-0.39, 0.29) is 24.7 Å². The fourth-order valence-electron chi connectivity index (χ4n) is 3.80. The largest absolute Gasteiger partial charge is 0.392 e. The number of rotatable bonds is 8. The molecule has 1 heterocycles. The van der Waals surface area contributed by atoms with Gasteiger partial charge < -0.3 is 20.5 Å². The van der Waals surface area contributed by atoms with E-state index in [1.165, 1.54) is 12.1 Å². The fraction of sp³-hybridized carbons (Fsp3) is 0.292. The molecule has 0 radical (unpaired) electrons. The van der Waals surface area contributed by atoms with Crippen molar-refractivity contribution in [3.05, 3.63) is 66.1 Å². The first-order chi connectivity index (χ1) is 14.3. The predicted molar refractivity (Wildman–Crippen MR) is 117 cm³/mol. The van der Waals surface area contributed by atoms with Crippen molar-refractivity contribution in [3.8, 4) is 11.1 Å². The number of carbonyl (C=O) groups is 1. The van der Waals surface area contributed by atoms with E-state index in [2.05, 4.69) is 18.4 Å². The second-order valence-electron chi connectivity index (χ2n) is 7.73. The van der Waals surface area contributed by atoms with Crippen molar-refractivity contribution in [1.82, 2.24) is 4.57 Å². The molecule has 0 aliphatic rings. The third-order valence-electron chi connectivity index (χ3n) is 5.02. The number of carbonyl (C=O) groups excluding carboxylic acids is 1. The zero-order chi connectivity index (χ0) is 21.8. The molecule has 5 nitrogen and oxygen atoms in total. The molecule has 3 aromatic rings. The molecule has 4 N–H and O–H groups in total. The molecule has 6 heteroatoms. The van der Waals surface area contributed by atoms with Gasteiger partial charge in [0.15, 0.2) is 0 Å². The summed E-state index contributed by atoms with van der Waals surface area (Å²) in [6.07, 6.45) is 1.28. The second kappa shape index (κ2) is 9.24. The van der Waals surface area contributed by atoms with Gasteiger partial charge in [0, 0.05) is 34.6 Å². The van der Waals surface area contributed by atoms with Crippen LogP contribution in [-0.4, -0.2) is 32.9 Å². The Kier molecular flexibility index (Phi) is 6.70. The Balaban J connectivity index is 2.08. The van der Waals surface area contributed by atoms with E-state index in [1.807, 2.05) is 30.3 Å². The summed E-state index contributed by atoms with van der Waals surface area (Å²) in [5, 5.41) is 21.2. The van der Waals surface area contributed by atoms with Crippen molar-refractivity contribution in [2.24, 2.45) is 5.73 Å².